The molecule has 0 saturated carbocycles. The zero-order chi connectivity index (χ0) is 27.8. The Morgan fingerprint density at radius 1 is 0.462 bits per heavy atom. The number of ether oxygens (including phenoxy) is 5. The van der Waals surface area contributed by atoms with Crippen LogP contribution in [0.2, 0.25) is 0 Å². The third kappa shape index (κ3) is 6.23. The van der Waals surface area contributed by atoms with Crippen LogP contribution in [0.1, 0.15) is 72.4 Å². The highest BCUT2D eigenvalue weighted by molar-refractivity contribution is 6.24. The highest BCUT2D eigenvalue weighted by atomic mass is 16.5. The molecule has 0 radical (unpaired) electrons. The van der Waals surface area contributed by atoms with E-state index in [9.17, 15) is 0 Å². The van der Waals surface area contributed by atoms with E-state index in [2.05, 4.69) is 46.8 Å². The molecule has 210 valence electrons. The van der Waals surface area contributed by atoms with E-state index in [4.69, 9.17) is 33.7 Å². The minimum atomic E-state index is 0.553. The second-order valence-corrected chi connectivity index (χ2v) is 9.74. The molecule has 0 saturated heterocycles. The lowest BCUT2D eigenvalue weighted by atomic mass is 9.98. The molecule has 0 aliphatic rings. The van der Waals surface area contributed by atoms with Crippen LogP contribution in [-0.4, -0.2) is 43.0 Å². The maximum absolute atomic E-state index is 6.18. The Hall–Kier alpha value is -3.48. The van der Waals surface area contributed by atoms with Gasteiger partial charge in [0.2, 0.25) is 5.88 Å². The Balaban J connectivity index is 2.10. The Bertz CT molecular complexity index is 1380. The monoisotopic (exact) mass is 534 g/mol. The summed E-state index contributed by atoms with van der Waals surface area (Å²) < 4.78 is 30.7. The summed E-state index contributed by atoms with van der Waals surface area (Å²) in [5.74, 6) is 3.44. The highest BCUT2D eigenvalue weighted by Crippen LogP contribution is 2.44. The number of benzene rings is 3. The molecular formula is C32H42N2O5. The molecule has 4 aromatic rings. The van der Waals surface area contributed by atoms with E-state index in [1.807, 2.05) is 19.1 Å². The molecule has 0 spiro atoms. The van der Waals surface area contributed by atoms with E-state index in [0.29, 0.717) is 44.7 Å². The van der Waals surface area contributed by atoms with Crippen molar-refractivity contribution in [2.45, 2.75) is 73.6 Å². The van der Waals surface area contributed by atoms with Gasteiger partial charge in [-0.1, -0.05) is 34.6 Å². The molecule has 0 N–H and O–H groups in total. The van der Waals surface area contributed by atoms with E-state index in [0.717, 1.165) is 87.6 Å². The third-order valence-electron chi connectivity index (χ3n) is 6.28. The number of rotatable bonds is 15. The first-order valence-electron chi connectivity index (χ1n) is 14.5. The van der Waals surface area contributed by atoms with Crippen molar-refractivity contribution in [3.63, 3.8) is 0 Å². The Morgan fingerprint density at radius 3 is 1.18 bits per heavy atom. The molecular weight excluding hydrogens is 492 g/mol. The molecule has 0 bridgehead atoms. The lowest BCUT2D eigenvalue weighted by molar-refractivity contribution is 0.269. The van der Waals surface area contributed by atoms with Gasteiger partial charge in [0.1, 0.15) is 11.2 Å². The number of hydrogen-bond donors (Lipinski definition) is 0. The number of hydrogen-bond acceptors (Lipinski definition) is 7. The lowest BCUT2D eigenvalue weighted by Crippen LogP contribution is -2.04. The van der Waals surface area contributed by atoms with Gasteiger partial charge in [-0.15, -0.1) is 0 Å². The molecule has 0 amide bonds. The van der Waals surface area contributed by atoms with Gasteiger partial charge in [0.15, 0.2) is 23.0 Å². The van der Waals surface area contributed by atoms with Crippen molar-refractivity contribution < 1.29 is 23.7 Å². The average Bonchev–Trinajstić information content (AvgIpc) is 2.95. The summed E-state index contributed by atoms with van der Waals surface area (Å²) in [6.07, 6.45) is 4.50. The normalized spacial score (nSPS) is 11.3. The van der Waals surface area contributed by atoms with E-state index >= 15 is 0 Å². The van der Waals surface area contributed by atoms with Crippen molar-refractivity contribution in [2.75, 3.05) is 33.0 Å². The largest absolute Gasteiger partial charge is 0.490 e. The smallest absolute Gasteiger partial charge is 0.235 e. The summed E-state index contributed by atoms with van der Waals surface area (Å²) in [6.45, 7) is 15.4. The molecule has 0 fully saturated rings. The first-order chi connectivity index (χ1) is 19.1. The van der Waals surface area contributed by atoms with E-state index in [-0.39, 0.29) is 0 Å². The van der Waals surface area contributed by atoms with Crippen LogP contribution in [0.5, 0.6) is 28.9 Å². The predicted molar refractivity (Wildman–Crippen MR) is 158 cm³/mol. The molecule has 0 unspecified atom stereocenters. The maximum Gasteiger partial charge on any atom is 0.235 e. The molecule has 1 aromatic heterocycles. The fourth-order valence-electron chi connectivity index (χ4n) is 4.47. The minimum absolute atomic E-state index is 0.553. The lowest BCUT2D eigenvalue weighted by Gasteiger charge is -2.19. The molecule has 1 heterocycles. The van der Waals surface area contributed by atoms with Gasteiger partial charge in [-0.25, -0.2) is 9.97 Å². The first kappa shape index (κ1) is 28.5. The summed E-state index contributed by atoms with van der Waals surface area (Å²) in [5.41, 5.74) is 2.32. The Morgan fingerprint density at radius 2 is 0.795 bits per heavy atom. The van der Waals surface area contributed by atoms with Crippen molar-refractivity contribution >= 4 is 32.6 Å². The number of fused-ring (bicyclic) bond motifs is 6. The van der Waals surface area contributed by atoms with Crippen molar-refractivity contribution in [1.82, 2.24) is 9.97 Å². The second kappa shape index (κ2) is 13.5. The molecule has 4 rings (SSSR count). The van der Waals surface area contributed by atoms with Crippen molar-refractivity contribution in [3.05, 3.63) is 30.0 Å². The molecule has 7 heteroatoms. The highest BCUT2D eigenvalue weighted by Gasteiger charge is 2.20. The quantitative estimate of drug-likeness (QED) is 0.142. The van der Waals surface area contributed by atoms with Gasteiger partial charge in [0.25, 0.3) is 0 Å². The predicted octanol–water partition coefficient (Wildman–Crippen LogP) is 8.19. The maximum atomic E-state index is 6.18. The van der Waals surface area contributed by atoms with E-state index < -0.39 is 0 Å². The SMILES string of the molecule is CCCOc1cc2c3cc(OCCC)c(OCCC)cc3c3nc(OCCC)c(C)nc3c2cc1OCCC. The van der Waals surface area contributed by atoms with Crippen LogP contribution in [0, 0.1) is 6.92 Å². The fourth-order valence-corrected chi connectivity index (χ4v) is 4.47. The van der Waals surface area contributed by atoms with E-state index in [1.165, 1.54) is 0 Å². The van der Waals surface area contributed by atoms with Gasteiger partial charge in [-0.05, 0) is 74.1 Å². The van der Waals surface area contributed by atoms with Crippen LogP contribution in [-0.2, 0) is 0 Å². The summed E-state index contributed by atoms with van der Waals surface area (Å²) in [7, 11) is 0. The van der Waals surface area contributed by atoms with Crippen LogP contribution in [0.25, 0.3) is 32.6 Å². The van der Waals surface area contributed by atoms with Gasteiger partial charge < -0.3 is 23.7 Å². The fraction of sp³-hybridized carbons (Fsp3) is 0.500. The molecule has 39 heavy (non-hydrogen) atoms. The summed E-state index contributed by atoms with van der Waals surface area (Å²) in [6, 6.07) is 8.24. The van der Waals surface area contributed by atoms with Crippen molar-refractivity contribution in [3.8, 4) is 28.9 Å². The van der Waals surface area contributed by atoms with Crippen LogP contribution >= 0.6 is 0 Å². The second-order valence-electron chi connectivity index (χ2n) is 9.74. The molecule has 0 aliphatic heterocycles. The number of aryl methyl sites for hydroxylation is 1. The molecule has 0 atom stereocenters. The Kier molecular flexibility index (Phi) is 9.90. The Labute approximate surface area is 231 Å². The zero-order valence-electron chi connectivity index (χ0n) is 24.3. The summed E-state index contributed by atoms with van der Waals surface area (Å²) >= 11 is 0. The molecule has 3 aromatic carbocycles. The molecule has 0 aliphatic carbocycles. The number of aromatic nitrogens is 2. The van der Waals surface area contributed by atoms with Gasteiger partial charge in [0.05, 0.1) is 38.6 Å². The van der Waals surface area contributed by atoms with Crippen molar-refractivity contribution in [1.29, 1.82) is 0 Å². The van der Waals surface area contributed by atoms with Crippen LogP contribution in [0.4, 0.5) is 0 Å². The number of nitrogens with zero attached hydrogens (tertiary/aromatic N) is 2. The standard InChI is InChI=1S/C32H42N2O5/c1-7-12-35-26-17-22-23-18-27(36-13-8-2)29(38-15-10-4)20-25(23)31-30(24(22)19-28(26)37-14-9-3)33-21(6)32(34-31)39-16-11-5/h17-20H,7-16H2,1-6H3. The molecule has 7 nitrogen and oxygen atoms in total. The third-order valence-corrected chi connectivity index (χ3v) is 6.28. The average molecular weight is 535 g/mol. The van der Waals surface area contributed by atoms with Gasteiger partial charge in [-0.2, -0.15) is 0 Å². The van der Waals surface area contributed by atoms with Gasteiger partial charge in [-0.3, -0.25) is 0 Å². The van der Waals surface area contributed by atoms with Crippen LogP contribution in [0.3, 0.4) is 0 Å². The van der Waals surface area contributed by atoms with Crippen LogP contribution in [0.15, 0.2) is 24.3 Å². The topological polar surface area (TPSA) is 71.9 Å². The summed E-state index contributed by atoms with van der Waals surface area (Å²) in [4.78, 5) is 10.0. The van der Waals surface area contributed by atoms with Gasteiger partial charge in [0, 0.05) is 10.8 Å². The summed E-state index contributed by atoms with van der Waals surface area (Å²) in [5, 5.41) is 3.89. The van der Waals surface area contributed by atoms with Crippen LogP contribution < -0.4 is 23.7 Å². The zero-order valence-corrected chi connectivity index (χ0v) is 24.3. The minimum Gasteiger partial charge on any atom is -0.490 e. The van der Waals surface area contributed by atoms with E-state index in [1.54, 1.807) is 0 Å². The van der Waals surface area contributed by atoms with Gasteiger partial charge >= 0.3 is 0 Å². The first-order valence-corrected chi connectivity index (χ1v) is 14.5. The van der Waals surface area contributed by atoms with Crippen molar-refractivity contribution in [2.24, 2.45) is 0 Å².